The molecule has 0 saturated carbocycles. The second-order valence-corrected chi connectivity index (χ2v) is 9.04. The van der Waals surface area contributed by atoms with Gasteiger partial charge in [0.05, 0.1) is 67.0 Å². The van der Waals surface area contributed by atoms with Crippen LogP contribution in [0.3, 0.4) is 0 Å². The molecule has 0 spiro atoms. The number of hydrogen-bond acceptors (Lipinski definition) is 7. The smallest absolute Gasteiger partial charge is 0.250 e. The van der Waals surface area contributed by atoms with E-state index in [0.29, 0.717) is 16.8 Å². The van der Waals surface area contributed by atoms with Crippen molar-refractivity contribution in [2.75, 3.05) is 64.1 Å². The SMILES string of the molecule is NC(=O)c1cc(-c2cnn(CCN3CCOCC3)c2)nc2c1[nH]c1cc(N3CCOCC3)ccc12. The predicted octanol–water partition coefficient (Wildman–Crippen LogP) is 1.85. The van der Waals surface area contributed by atoms with Crippen LogP contribution >= 0.6 is 0 Å². The highest BCUT2D eigenvalue weighted by Gasteiger charge is 2.19. The van der Waals surface area contributed by atoms with Gasteiger partial charge >= 0.3 is 0 Å². The summed E-state index contributed by atoms with van der Waals surface area (Å²) in [6.07, 6.45) is 3.77. The Balaban J connectivity index is 1.33. The number of aromatic amines is 1. The molecule has 0 unspecified atom stereocenters. The van der Waals surface area contributed by atoms with Gasteiger partial charge < -0.3 is 25.1 Å². The third kappa shape index (κ3) is 4.36. The van der Waals surface area contributed by atoms with Crippen molar-refractivity contribution in [1.82, 2.24) is 24.6 Å². The number of primary amides is 1. The number of amides is 1. The number of nitrogens with zero attached hydrogens (tertiary/aromatic N) is 5. The highest BCUT2D eigenvalue weighted by molar-refractivity contribution is 6.14. The molecule has 0 aliphatic carbocycles. The van der Waals surface area contributed by atoms with Gasteiger partial charge in [-0.2, -0.15) is 5.10 Å². The maximum Gasteiger partial charge on any atom is 0.250 e. The van der Waals surface area contributed by atoms with Crippen molar-refractivity contribution in [2.45, 2.75) is 6.54 Å². The number of carbonyl (C=O) groups is 1. The number of nitrogens with two attached hydrogens (primary N) is 1. The van der Waals surface area contributed by atoms with Crippen molar-refractivity contribution >= 4 is 33.5 Å². The fraction of sp³-hybridized carbons (Fsp3) is 0.400. The Bertz CT molecular complexity index is 1370. The number of morpholine rings is 2. The molecule has 2 aliphatic heterocycles. The number of nitrogens with one attached hydrogen (secondary N) is 1. The maximum atomic E-state index is 12.4. The highest BCUT2D eigenvalue weighted by Crippen LogP contribution is 2.32. The largest absolute Gasteiger partial charge is 0.379 e. The Labute approximate surface area is 202 Å². The molecule has 3 N–H and O–H groups in total. The maximum absolute atomic E-state index is 12.4. The van der Waals surface area contributed by atoms with E-state index in [-0.39, 0.29) is 0 Å². The number of fused-ring (bicyclic) bond motifs is 3. The molecule has 2 fully saturated rings. The first kappa shape index (κ1) is 22.0. The fourth-order valence-electron chi connectivity index (χ4n) is 4.89. The second-order valence-electron chi connectivity index (χ2n) is 9.04. The Hall–Kier alpha value is -3.47. The molecule has 6 rings (SSSR count). The summed E-state index contributed by atoms with van der Waals surface area (Å²) in [4.78, 5) is 25.4. The molecular formula is C25H29N7O3. The van der Waals surface area contributed by atoms with Crippen molar-refractivity contribution in [3.8, 4) is 11.3 Å². The van der Waals surface area contributed by atoms with Gasteiger partial charge in [-0.3, -0.25) is 14.4 Å². The second kappa shape index (κ2) is 9.29. The summed E-state index contributed by atoms with van der Waals surface area (Å²) in [7, 11) is 0. The summed E-state index contributed by atoms with van der Waals surface area (Å²) in [5, 5.41) is 5.48. The molecule has 1 aromatic carbocycles. The van der Waals surface area contributed by atoms with E-state index in [9.17, 15) is 4.79 Å². The zero-order chi connectivity index (χ0) is 23.8. The first-order valence-corrected chi connectivity index (χ1v) is 12.1. The fourth-order valence-corrected chi connectivity index (χ4v) is 4.89. The number of rotatable bonds is 6. The Kier molecular flexibility index (Phi) is 5.85. The van der Waals surface area contributed by atoms with E-state index in [1.165, 1.54) is 0 Å². The standard InChI is InChI=1S/C25H29N7O3/c26-25(33)20-14-21(17-15-27-32(16-17)4-3-30-5-9-34-10-6-30)28-23-19-2-1-18(13-22(19)29-24(20)23)31-7-11-35-12-8-31/h1-2,13-16,29H,3-12H2,(H2,26,33). The lowest BCUT2D eigenvalue weighted by Crippen LogP contribution is -2.38. The highest BCUT2D eigenvalue weighted by atomic mass is 16.5. The molecule has 0 atom stereocenters. The van der Waals surface area contributed by atoms with Crippen LogP contribution in [0.2, 0.25) is 0 Å². The molecule has 10 nitrogen and oxygen atoms in total. The first-order valence-electron chi connectivity index (χ1n) is 12.1. The van der Waals surface area contributed by atoms with Gasteiger partial charge in [0.2, 0.25) is 0 Å². The monoisotopic (exact) mass is 475 g/mol. The van der Waals surface area contributed by atoms with Crippen molar-refractivity contribution in [2.24, 2.45) is 5.73 Å². The number of ether oxygens (including phenoxy) is 2. The molecule has 2 saturated heterocycles. The van der Waals surface area contributed by atoms with Gasteiger partial charge in [0.15, 0.2) is 0 Å². The van der Waals surface area contributed by atoms with Crippen LogP contribution in [0.25, 0.3) is 33.2 Å². The van der Waals surface area contributed by atoms with Crippen molar-refractivity contribution < 1.29 is 14.3 Å². The van der Waals surface area contributed by atoms with Crippen LogP contribution in [0.15, 0.2) is 36.7 Å². The topological polar surface area (TPSA) is 115 Å². The quantitative estimate of drug-likeness (QED) is 0.437. The molecule has 2 aliphatic rings. The molecule has 4 aromatic rings. The molecule has 182 valence electrons. The van der Waals surface area contributed by atoms with E-state index in [2.05, 4.69) is 38.1 Å². The van der Waals surface area contributed by atoms with Gasteiger partial charge in [0, 0.05) is 55.6 Å². The first-order chi connectivity index (χ1) is 17.2. The van der Waals surface area contributed by atoms with E-state index < -0.39 is 5.91 Å². The number of benzene rings is 1. The van der Waals surface area contributed by atoms with Crippen LogP contribution < -0.4 is 10.6 Å². The average Bonchev–Trinajstić information content (AvgIpc) is 3.52. The van der Waals surface area contributed by atoms with Crippen LogP contribution in [0.5, 0.6) is 0 Å². The minimum atomic E-state index is -0.488. The molecular weight excluding hydrogens is 446 g/mol. The van der Waals surface area contributed by atoms with Gasteiger partial charge in [-0.25, -0.2) is 4.98 Å². The Morgan fingerprint density at radius 2 is 1.80 bits per heavy atom. The minimum Gasteiger partial charge on any atom is -0.379 e. The summed E-state index contributed by atoms with van der Waals surface area (Å²) in [6.45, 7) is 8.31. The summed E-state index contributed by atoms with van der Waals surface area (Å²) < 4.78 is 12.8. The predicted molar refractivity (Wildman–Crippen MR) is 134 cm³/mol. The normalized spacial score (nSPS) is 17.4. The number of pyridine rings is 1. The minimum absolute atomic E-state index is 0.426. The van der Waals surface area contributed by atoms with Crippen molar-refractivity contribution in [3.63, 3.8) is 0 Å². The van der Waals surface area contributed by atoms with Gasteiger partial charge in [-0.15, -0.1) is 0 Å². The zero-order valence-corrected chi connectivity index (χ0v) is 19.6. The third-order valence-electron chi connectivity index (χ3n) is 6.86. The molecule has 5 heterocycles. The van der Waals surface area contributed by atoms with Gasteiger partial charge in [-0.05, 0) is 24.3 Å². The molecule has 0 radical (unpaired) electrons. The summed E-state index contributed by atoms with van der Waals surface area (Å²) in [6, 6.07) is 8.03. The molecule has 35 heavy (non-hydrogen) atoms. The van der Waals surface area contributed by atoms with Crippen LogP contribution in [0.4, 0.5) is 5.69 Å². The van der Waals surface area contributed by atoms with E-state index >= 15 is 0 Å². The number of hydrogen-bond donors (Lipinski definition) is 2. The molecule has 10 heteroatoms. The number of carbonyl (C=O) groups excluding carboxylic acids is 1. The van der Waals surface area contributed by atoms with Crippen LogP contribution in [0, 0.1) is 0 Å². The lowest BCUT2D eigenvalue weighted by molar-refractivity contribution is 0.0360. The van der Waals surface area contributed by atoms with Gasteiger partial charge in [-0.1, -0.05) is 0 Å². The van der Waals surface area contributed by atoms with Gasteiger partial charge in [0.25, 0.3) is 5.91 Å². The van der Waals surface area contributed by atoms with Crippen LogP contribution in [0.1, 0.15) is 10.4 Å². The number of anilines is 1. The average molecular weight is 476 g/mol. The van der Waals surface area contributed by atoms with E-state index in [1.807, 2.05) is 10.9 Å². The molecule has 3 aromatic heterocycles. The summed E-state index contributed by atoms with van der Waals surface area (Å²) in [5.41, 5.74) is 11.2. The molecule has 0 bridgehead atoms. The van der Waals surface area contributed by atoms with Gasteiger partial charge in [0.1, 0.15) is 0 Å². The van der Waals surface area contributed by atoms with E-state index in [1.54, 1.807) is 12.3 Å². The zero-order valence-electron chi connectivity index (χ0n) is 19.6. The van der Waals surface area contributed by atoms with Crippen molar-refractivity contribution in [3.05, 3.63) is 42.2 Å². The summed E-state index contributed by atoms with van der Waals surface area (Å²) in [5.74, 6) is -0.488. The van der Waals surface area contributed by atoms with Crippen molar-refractivity contribution in [1.29, 1.82) is 0 Å². The lowest BCUT2D eigenvalue weighted by Gasteiger charge is -2.28. The lowest BCUT2D eigenvalue weighted by atomic mass is 10.1. The number of H-pyrrole nitrogens is 1. The third-order valence-corrected chi connectivity index (χ3v) is 6.86. The van der Waals surface area contributed by atoms with E-state index in [4.69, 9.17) is 20.2 Å². The Morgan fingerprint density at radius 1 is 1.03 bits per heavy atom. The van der Waals surface area contributed by atoms with Crippen LogP contribution in [-0.4, -0.2) is 89.7 Å². The molecule has 1 amide bonds. The van der Waals surface area contributed by atoms with E-state index in [0.717, 1.165) is 93.4 Å². The van der Waals surface area contributed by atoms with Crippen LogP contribution in [-0.2, 0) is 16.0 Å². The Morgan fingerprint density at radius 3 is 2.57 bits per heavy atom. The number of aromatic nitrogens is 4. The summed E-state index contributed by atoms with van der Waals surface area (Å²) >= 11 is 0.